The summed E-state index contributed by atoms with van der Waals surface area (Å²) >= 11 is 0. The summed E-state index contributed by atoms with van der Waals surface area (Å²) in [6.07, 6.45) is -4.30. The van der Waals surface area contributed by atoms with Gasteiger partial charge in [0.1, 0.15) is 5.75 Å². The molecule has 0 spiro atoms. The van der Waals surface area contributed by atoms with Crippen LogP contribution in [0.5, 0.6) is 5.75 Å². The molecule has 0 aliphatic rings. The van der Waals surface area contributed by atoms with Gasteiger partial charge in [-0.25, -0.2) is 4.79 Å². The molecule has 0 bridgehead atoms. The molecule has 1 aromatic heterocycles. The number of aliphatic carboxylic acids is 2. The van der Waals surface area contributed by atoms with Crippen molar-refractivity contribution in [2.45, 2.75) is 25.4 Å². The third-order valence-corrected chi connectivity index (χ3v) is 6.02. The Kier molecular flexibility index (Phi) is 12.9. The van der Waals surface area contributed by atoms with E-state index in [1.807, 2.05) is 24.3 Å². The van der Waals surface area contributed by atoms with Gasteiger partial charge in [0.25, 0.3) is 0 Å². The smallest absolute Gasteiger partial charge is 0.490 e. The molecular formula is C19H22F3N3O7S2. The van der Waals surface area contributed by atoms with Crippen molar-refractivity contribution >= 4 is 39.4 Å². The first-order chi connectivity index (χ1) is 16.0. The van der Waals surface area contributed by atoms with Gasteiger partial charge in [0.15, 0.2) is 0 Å². The van der Waals surface area contributed by atoms with Crippen molar-refractivity contribution in [3.05, 3.63) is 30.2 Å². The first kappa shape index (κ1) is 29.1. The van der Waals surface area contributed by atoms with E-state index in [-0.39, 0.29) is 18.7 Å². The molecular weight excluding hydrogens is 503 g/mol. The van der Waals surface area contributed by atoms with Crippen molar-refractivity contribution < 1.29 is 47.0 Å². The van der Waals surface area contributed by atoms with Crippen molar-refractivity contribution in [1.82, 2.24) is 15.5 Å². The number of amides is 1. The average Bonchev–Trinajstić information content (AvgIpc) is 3.26. The number of hydrogen-bond acceptors (Lipinski definition) is 9. The number of carboxylic acid groups (broad SMARTS) is 2. The minimum atomic E-state index is -5.08. The normalized spacial score (nSPS) is 10.7. The third kappa shape index (κ3) is 12.3. The number of carbonyl (C=O) groups is 3. The molecule has 2 aromatic rings. The second-order valence-corrected chi connectivity index (χ2v) is 8.88. The molecule has 0 aliphatic heterocycles. The molecule has 1 heterocycles. The molecule has 0 aliphatic carbocycles. The minimum Gasteiger partial charge on any atom is -0.497 e. The lowest BCUT2D eigenvalue weighted by Gasteiger charge is -2.03. The van der Waals surface area contributed by atoms with Gasteiger partial charge in [0.2, 0.25) is 17.6 Å². The van der Waals surface area contributed by atoms with Crippen LogP contribution in [0.2, 0.25) is 0 Å². The molecule has 0 radical (unpaired) electrons. The molecule has 10 nitrogen and oxygen atoms in total. The number of benzene rings is 1. The summed E-state index contributed by atoms with van der Waals surface area (Å²) in [6.45, 7) is 0.532. The molecule has 3 N–H and O–H groups in total. The standard InChI is InChI=1S/C17H21N3O5S2.C2HF3O2/c1-24-13-4-2-12(3-5-13)17-19-15(25-20-17)7-6-14(21)18-9-11-27-26-10-8-16(22)23;3-2(4,5)1(6)7/h2-5H,6-11H2,1H3,(H,18,21)(H,22,23);(H,6,7). The maximum absolute atomic E-state index is 11.8. The molecule has 1 amide bonds. The van der Waals surface area contributed by atoms with Crippen LogP contribution in [0.15, 0.2) is 28.8 Å². The van der Waals surface area contributed by atoms with Crippen LogP contribution in [0.1, 0.15) is 18.7 Å². The van der Waals surface area contributed by atoms with Gasteiger partial charge in [0, 0.05) is 36.5 Å². The van der Waals surface area contributed by atoms with Gasteiger partial charge in [-0.15, -0.1) is 0 Å². The fourth-order valence-electron chi connectivity index (χ4n) is 2.00. The number of ether oxygens (including phenoxy) is 1. The first-order valence-corrected chi connectivity index (χ1v) is 12.0. The maximum Gasteiger partial charge on any atom is 0.490 e. The number of aromatic nitrogens is 2. The van der Waals surface area contributed by atoms with Crippen LogP contribution in [0.3, 0.4) is 0 Å². The summed E-state index contributed by atoms with van der Waals surface area (Å²) in [4.78, 5) is 35.4. The van der Waals surface area contributed by atoms with Gasteiger partial charge in [-0.1, -0.05) is 26.7 Å². The molecule has 0 unspecified atom stereocenters. The highest BCUT2D eigenvalue weighted by molar-refractivity contribution is 8.76. The quantitative estimate of drug-likeness (QED) is 0.276. The summed E-state index contributed by atoms with van der Waals surface area (Å²) in [5.41, 5.74) is 0.813. The van der Waals surface area contributed by atoms with Gasteiger partial charge >= 0.3 is 18.1 Å². The van der Waals surface area contributed by atoms with Gasteiger partial charge in [-0.2, -0.15) is 18.2 Å². The first-order valence-electron chi connectivity index (χ1n) is 9.53. The topological polar surface area (TPSA) is 152 Å². The molecule has 188 valence electrons. The van der Waals surface area contributed by atoms with E-state index >= 15 is 0 Å². The van der Waals surface area contributed by atoms with Gasteiger partial charge < -0.3 is 24.8 Å². The number of halogens is 3. The SMILES string of the molecule is COc1ccc(-c2noc(CCC(=O)NCCSSCCC(=O)O)n2)cc1.O=C(O)C(F)(F)F. The van der Waals surface area contributed by atoms with E-state index in [1.54, 1.807) is 17.9 Å². The lowest BCUT2D eigenvalue weighted by Crippen LogP contribution is -2.25. The van der Waals surface area contributed by atoms with Crippen LogP contribution in [-0.2, 0) is 20.8 Å². The maximum atomic E-state index is 11.8. The average molecular weight is 526 g/mol. The summed E-state index contributed by atoms with van der Waals surface area (Å²) in [6, 6.07) is 7.31. The van der Waals surface area contributed by atoms with Crippen LogP contribution < -0.4 is 10.1 Å². The minimum absolute atomic E-state index is 0.0877. The summed E-state index contributed by atoms with van der Waals surface area (Å²) < 4.78 is 42.0. The number of aryl methyl sites for hydroxylation is 1. The predicted molar refractivity (Wildman–Crippen MR) is 118 cm³/mol. The predicted octanol–water partition coefficient (Wildman–Crippen LogP) is 3.28. The lowest BCUT2D eigenvalue weighted by atomic mass is 10.2. The van der Waals surface area contributed by atoms with Crippen molar-refractivity contribution in [3.8, 4) is 17.1 Å². The van der Waals surface area contributed by atoms with Crippen LogP contribution in [0.25, 0.3) is 11.4 Å². The molecule has 34 heavy (non-hydrogen) atoms. The number of hydrogen-bond donors (Lipinski definition) is 3. The van der Waals surface area contributed by atoms with Crippen molar-refractivity contribution in [1.29, 1.82) is 0 Å². The van der Waals surface area contributed by atoms with E-state index in [0.29, 0.717) is 30.4 Å². The summed E-state index contributed by atoms with van der Waals surface area (Å²) in [5.74, 6) is -0.731. The molecule has 1 aromatic carbocycles. The van der Waals surface area contributed by atoms with E-state index in [2.05, 4.69) is 15.5 Å². The highest BCUT2D eigenvalue weighted by Gasteiger charge is 2.38. The van der Waals surface area contributed by atoms with E-state index in [1.165, 1.54) is 10.8 Å². The van der Waals surface area contributed by atoms with Gasteiger partial charge in [0.05, 0.1) is 13.5 Å². The highest BCUT2D eigenvalue weighted by Crippen LogP contribution is 2.21. The monoisotopic (exact) mass is 525 g/mol. The van der Waals surface area contributed by atoms with Crippen molar-refractivity contribution in [2.75, 3.05) is 25.2 Å². The van der Waals surface area contributed by atoms with Crippen LogP contribution in [-0.4, -0.2) is 69.5 Å². The number of nitrogens with zero attached hydrogens (tertiary/aromatic N) is 2. The zero-order valence-electron chi connectivity index (χ0n) is 17.8. The van der Waals surface area contributed by atoms with E-state index in [9.17, 15) is 22.8 Å². The number of nitrogens with one attached hydrogen (secondary N) is 1. The second kappa shape index (κ2) is 15.1. The molecule has 0 fully saturated rings. The Morgan fingerprint density at radius 3 is 2.26 bits per heavy atom. The van der Waals surface area contributed by atoms with Gasteiger partial charge in [-0.3, -0.25) is 9.59 Å². The number of methoxy groups -OCH3 is 1. The fourth-order valence-corrected chi connectivity index (χ4v) is 3.89. The Balaban J connectivity index is 0.000000718. The molecule has 0 saturated carbocycles. The second-order valence-electron chi connectivity index (χ2n) is 6.18. The zero-order chi connectivity index (χ0) is 25.6. The molecule has 2 rings (SSSR count). The number of carbonyl (C=O) groups excluding carboxylic acids is 1. The summed E-state index contributed by atoms with van der Waals surface area (Å²) in [5, 5.41) is 22.4. The largest absolute Gasteiger partial charge is 0.497 e. The van der Waals surface area contributed by atoms with Crippen molar-refractivity contribution in [2.24, 2.45) is 0 Å². The van der Waals surface area contributed by atoms with Gasteiger partial charge in [-0.05, 0) is 24.3 Å². The van der Waals surface area contributed by atoms with Crippen molar-refractivity contribution in [3.63, 3.8) is 0 Å². The Morgan fingerprint density at radius 2 is 1.71 bits per heavy atom. The van der Waals surface area contributed by atoms with Crippen LogP contribution in [0, 0.1) is 0 Å². The zero-order valence-corrected chi connectivity index (χ0v) is 19.5. The fraction of sp³-hybridized carbons (Fsp3) is 0.421. The Hall–Kier alpha value is -2.94. The Labute approximate surface area is 200 Å². The summed E-state index contributed by atoms with van der Waals surface area (Å²) in [7, 11) is 4.63. The number of carboxylic acids is 2. The molecule has 0 saturated heterocycles. The lowest BCUT2D eigenvalue weighted by molar-refractivity contribution is -0.192. The Bertz CT molecular complexity index is 925. The molecule has 0 atom stereocenters. The van der Waals surface area contributed by atoms with Crippen LogP contribution >= 0.6 is 21.6 Å². The Morgan fingerprint density at radius 1 is 1.09 bits per heavy atom. The molecule has 15 heteroatoms. The van der Waals surface area contributed by atoms with E-state index in [4.69, 9.17) is 24.3 Å². The van der Waals surface area contributed by atoms with E-state index in [0.717, 1.165) is 17.1 Å². The number of rotatable bonds is 12. The number of alkyl halides is 3. The highest BCUT2D eigenvalue weighted by atomic mass is 33.1. The van der Waals surface area contributed by atoms with Crippen LogP contribution in [0.4, 0.5) is 13.2 Å². The van der Waals surface area contributed by atoms with E-state index < -0.39 is 18.1 Å². The third-order valence-electron chi connectivity index (χ3n) is 3.61.